The van der Waals surface area contributed by atoms with E-state index in [2.05, 4.69) is 5.32 Å². The smallest absolute Gasteiger partial charge is 0.166 e. The molecule has 2 aromatic carbocycles. The minimum Gasteiger partial charge on any atom is -0.490 e. The lowest BCUT2D eigenvalue weighted by molar-refractivity contribution is 0.296. The van der Waals surface area contributed by atoms with Gasteiger partial charge in [0.2, 0.25) is 0 Å². The zero-order valence-corrected chi connectivity index (χ0v) is 12.9. The summed E-state index contributed by atoms with van der Waals surface area (Å²) in [7, 11) is 0. The van der Waals surface area contributed by atoms with Gasteiger partial charge in [0.25, 0.3) is 0 Å². The van der Waals surface area contributed by atoms with E-state index >= 15 is 0 Å². The van der Waals surface area contributed by atoms with Gasteiger partial charge in [0.15, 0.2) is 11.5 Å². The highest BCUT2D eigenvalue weighted by Gasteiger charge is 2.14. The van der Waals surface area contributed by atoms with Crippen molar-refractivity contribution in [2.45, 2.75) is 13.0 Å². The first-order valence-electron chi connectivity index (χ1n) is 6.80. The van der Waals surface area contributed by atoms with Crippen LogP contribution in [0.15, 0.2) is 36.4 Å². The summed E-state index contributed by atoms with van der Waals surface area (Å²) in [6.45, 7) is 1.94. The van der Waals surface area contributed by atoms with Crippen LogP contribution in [0.4, 0.5) is 5.69 Å². The van der Waals surface area contributed by atoms with E-state index in [1.807, 2.05) is 24.3 Å². The average Bonchev–Trinajstić information content (AvgIpc) is 2.74. The van der Waals surface area contributed by atoms with Crippen LogP contribution in [0.25, 0.3) is 0 Å². The topological polar surface area (TPSA) is 30.5 Å². The summed E-state index contributed by atoms with van der Waals surface area (Å²) < 4.78 is 11.5. The Hall–Kier alpha value is -1.58. The molecule has 0 amide bonds. The van der Waals surface area contributed by atoms with Crippen molar-refractivity contribution in [3.8, 4) is 11.5 Å². The van der Waals surface area contributed by atoms with E-state index in [1.54, 1.807) is 12.1 Å². The van der Waals surface area contributed by atoms with Crippen molar-refractivity contribution in [2.24, 2.45) is 0 Å². The van der Waals surface area contributed by atoms with E-state index in [-0.39, 0.29) is 0 Å². The van der Waals surface area contributed by atoms with E-state index < -0.39 is 0 Å². The lowest BCUT2D eigenvalue weighted by atomic mass is 10.1. The van der Waals surface area contributed by atoms with Crippen molar-refractivity contribution in [3.05, 3.63) is 52.0 Å². The normalized spacial score (nSPS) is 13.6. The van der Waals surface area contributed by atoms with Gasteiger partial charge in [-0.3, -0.25) is 0 Å². The second kappa shape index (κ2) is 6.46. The van der Waals surface area contributed by atoms with Crippen molar-refractivity contribution in [1.29, 1.82) is 0 Å². The molecule has 0 fully saturated rings. The Labute approximate surface area is 133 Å². The monoisotopic (exact) mass is 323 g/mol. The third-order valence-corrected chi connectivity index (χ3v) is 3.82. The summed E-state index contributed by atoms with van der Waals surface area (Å²) in [6.07, 6.45) is 0.891. The highest BCUT2D eigenvalue weighted by atomic mass is 35.5. The summed E-state index contributed by atoms with van der Waals surface area (Å²) in [6, 6.07) is 11.3. The molecule has 5 heteroatoms. The van der Waals surface area contributed by atoms with Gasteiger partial charge >= 0.3 is 0 Å². The van der Waals surface area contributed by atoms with Crippen LogP contribution in [0, 0.1) is 0 Å². The molecule has 0 saturated carbocycles. The Bertz CT molecular complexity index is 646. The SMILES string of the molecule is Clc1ccc(Cl)c(NCc2cccc3c2OCCCO3)c1. The van der Waals surface area contributed by atoms with Crippen molar-refractivity contribution in [2.75, 3.05) is 18.5 Å². The number of ether oxygens (including phenoxy) is 2. The highest BCUT2D eigenvalue weighted by Crippen LogP contribution is 2.34. The number of anilines is 1. The Balaban J connectivity index is 1.81. The molecule has 1 aliphatic rings. The number of nitrogens with one attached hydrogen (secondary N) is 1. The summed E-state index contributed by atoms with van der Waals surface area (Å²) in [5.74, 6) is 1.60. The number of rotatable bonds is 3. The largest absolute Gasteiger partial charge is 0.490 e. The zero-order valence-electron chi connectivity index (χ0n) is 11.4. The molecule has 0 spiro atoms. The van der Waals surface area contributed by atoms with Crippen LogP contribution in [0.2, 0.25) is 10.0 Å². The van der Waals surface area contributed by atoms with Gasteiger partial charge in [0.1, 0.15) is 0 Å². The van der Waals surface area contributed by atoms with Gasteiger partial charge in [-0.05, 0) is 24.3 Å². The third-order valence-electron chi connectivity index (χ3n) is 3.25. The minimum atomic E-state index is 0.590. The van der Waals surface area contributed by atoms with E-state index in [9.17, 15) is 0 Å². The average molecular weight is 324 g/mol. The molecule has 2 aromatic rings. The summed E-state index contributed by atoms with van der Waals surface area (Å²) in [5, 5.41) is 4.57. The van der Waals surface area contributed by atoms with Crippen LogP contribution in [0.1, 0.15) is 12.0 Å². The first-order valence-corrected chi connectivity index (χ1v) is 7.56. The second-order valence-corrected chi connectivity index (χ2v) is 5.62. The highest BCUT2D eigenvalue weighted by molar-refractivity contribution is 6.35. The fourth-order valence-corrected chi connectivity index (χ4v) is 2.57. The number of para-hydroxylation sites is 1. The molecule has 110 valence electrons. The zero-order chi connectivity index (χ0) is 14.7. The molecule has 0 saturated heterocycles. The number of benzene rings is 2. The maximum atomic E-state index is 6.15. The Kier molecular flexibility index (Phi) is 4.42. The maximum Gasteiger partial charge on any atom is 0.166 e. The molecule has 3 rings (SSSR count). The lowest BCUT2D eigenvalue weighted by Gasteiger charge is -2.14. The molecular formula is C16H15Cl2NO2. The van der Waals surface area contributed by atoms with Gasteiger partial charge in [0.05, 0.1) is 23.9 Å². The molecule has 1 aliphatic heterocycles. The van der Waals surface area contributed by atoms with E-state index in [0.29, 0.717) is 29.8 Å². The predicted molar refractivity (Wildman–Crippen MR) is 85.8 cm³/mol. The summed E-state index contributed by atoms with van der Waals surface area (Å²) in [5.41, 5.74) is 1.83. The molecule has 3 nitrogen and oxygen atoms in total. The quantitative estimate of drug-likeness (QED) is 0.882. The van der Waals surface area contributed by atoms with Crippen molar-refractivity contribution in [1.82, 2.24) is 0 Å². The molecule has 1 N–H and O–H groups in total. The van der Waals surface area contributed by atoms with Crippen LogP contribution in [0.5, 0.6) is 11.5 Å². The van der Waals surface area contributed by atoms with Crippen molar-refractivity contribution >= 4 is 28.9 Å². The van der Waals surface area contributed by atoms with Gasteiger partial charge in [-0.25, -0.2) is 0 Å². The van der Waals surface area contributed by atoms with Gasteiger partial charge in [-0.2, -0.15) is 0 Å². The molecule has 0 bridgehead atoms. The first-order chi connectivity index (χ1) is 10.2. The molecule has 21 heavy (non-hydrogen) atoms. The fourth-order valence-electron chi connectivity index (χ4n) is 2.22. The lowest BCUT2D eigenvalue weighted by Crippen LogP contribution is -2.04. The van der Waals surface area contributed by atoms with E-state index in [4.69, 9.17) is 32.7 Å². The molecule has 0 aromatic heterocycles. The van der Waals surface area contributed by atoms with E-state index in [0.717, 1.165) is 29.2 Å². The third kappa shape index (κ3) is 3.36. The molecular weight excluding hydrogens is 309 g/mol. The number of hydrogen-bond donors (Lipinski definition) is 1. The van der Waals surface area contributed by atoms with Crippen LogP contribution in [0.3, 0.4) is 0 Å². The second-order valence-electron chi connectivity index (χ2n) is 4.77. The fraction of sp³-hybridized carbons (Fsp3) is 0.250. The van der Waals surface area contributed by atoms with Crippen LogP contribution in [-0.2, 0) is 6.54 Å². The van der Waals surface area contributed by atoms with E-state index in [1.165, 1.54) is 0 Å². The molecule has 0 atom stereocenters. The van der Waals surface area contributed by atoms with Gasteiger partial charge in [-0.15, -0.1) is 0 Å². The molecule has 1 heterocycles. The number of hydrogen-bond acceptors (Lipinski definition) is 3. The van der Waals surface area contributed by atoms with Gasteiger partial charge in [-0.1, -0.05) is 35.3 Å². The maximum absolute atomic E-state index is 6.15. The molecule has 0 unspecified atom stereocenters. The summed E-state index contributed by atoms with van der Waals surface area (Å²) >= 11 is 12.1. The number of halogens is 2. The number of fused-ring (bicyclic) bond motifs is 1. The standard InChI is InChI=1S/C16H15Cl2NO2/c17-12-5-6-13(18)14(9-12)19-10-11-3-1-4-15-16(11)21-8-2-7-20-15/h1,3-6,9,19H,2,7-8,10H2. The van der Waals surface area contributed by atoms with Crippen molar-refractivity contribution in [3.63, 3.8) is 0 Å². The minimum absolute atomic E-state index is 0.590. The van der Waals surface area contributed by atoms with Crippen molar-refractivity contribution < 1.29 is 9.47 Å². The van der Waals surface area contributed by atoms with Gasteiger partial charge in [0, 0.05) is 23.6 Å². The first kappa shape index (κ1) is 14.4. The molecule has 0 aliphatic carbocycles. The Morgan fingerprint density at radius 1 is 1.05 bits per heavy atom. The van der Waals surface area contributed by atoms with Gasteiger partial charge < -0.3 is 14.8 Å². The summed E-state index contributed by atoms with van der Waals surface area (Å²) in [4.78, 5) is 0. The van der Waals surface area contributed by atoms with Crippen LogP contribution >= 0.6 is 23.2 Å². The molecule has 0 radical (unpaired) electrons. The van der Waals surface area contributed by atoms with Crippen LogP contribution < -0.4 is 14.8 Å². The Morgan fingerprint density at radius 3 is 2.81 bits per heavy atom. The van der Waals surface area contributed by atoms with Crippen LogP contribution in [-0.4, -0.2) is 13.2 Å². The Morgan fingerprint density at radius 2 is 1.90 bits per heavy atom. The predicted octanol–water partition coefficient (Wildman–Crippen LogP) is 4.77.